The van der Waals surface area contributed by atoms with Gasteiger partial charge in [-0.3, -0.25) is 0 Å². The molecule has 10 aromatic rings. The molecule has 3 nitrogen and oxygen atoms in total. The van der Waals surface area contributed by atoms with Gasteiger partial charge in [0.1, 0.15) is 11.2 Å². The Balaban J connectivity index is 0.946. The zero-order valence-electron chi connectivity index (χ0n) is 33.1. The van der Waals surface area contributed by atoms with E-state index < -0.39 is 0 Å². The molecular formula is C55H38N2OS2. The first kappa shape index (κ1) is 34.3. The quantitative estimate of drug-likeness (QED) is 0.172. The van der Waals surface area contributed by atoms with Crippen molar-refractivity contribution in [3.8, 4) is 22.3 Å². The van der Waals surface area contributed by atoms with Crippen LogP contribution in [0.25, 0.3) is 54.3 Å². The van der Waals surface area contributed by atoms with Crippen molar-refractivity contribution >= 4 is 83.6 Å². The van der Waals surface area contributed by atoms with Gasteiger partial charge in [0, 0.05) is 64.4 Å². The Labute approximate surface area is 357 Å². The van der Waals surface area contributed by atoms with Crippen molar-refractivity contribution in [3.05, 3.63) is 204 Å². The molecule has 0 saturated heterocycles. The third kappa shape index (κ3) is 4.85. The number of thioether (sulfide) groups is 1. The number of para-hydroxylation sites is 2. The van der Waals surface area contributed by atoms with Gasteiger partial charge in [-0.05, 0) is 100 Å². The minimum Gasteiger partial charge on any atom is -0.455 e. The average molecular weight is 807 g/mol. The van der Waals surface area contributed by atoms with Crippen molar-refractivity contribution in [1.29, 1.82) is 0 Å². The third-order valence-corrected chi connectivity index (χ3v) is 16.0. The second-order valence-electron chi connectivity index (χ2n) is 16.8. The normalized spacial score (nSPS) is 16.9. The predicted molar refractivity (Wildman–Crippen MR) is 253 cm³/mol. The number of rotatable bonds is 5. The van der Waals surface area contributed by atoms with Gasteiger partial charge in [0.05, 0.1) is 17.0 Å². The Hall–Kier alpha value is -6.53. The fraction of sp³-hybridized carbons (Fsp3) is 0.0909. The molecule has 5 heteroatoms. The summed E-state index contributed by atoms with van der Waals surface area (Å²) in [5.74, 6) is 0. The smallest absolute Gasteiger partial charge is 0.143 e. The number of benzene rings is 8. The van der Waals surface area contributed by atoms with Crippen molar-refractivity contribution < 1.29 is 4.42 Å². The molecule has 2 aliphatic heterocycles. The van der Waals surface area contributed by atoms with E-state index in [1.165, 1.54) is 59.1 Å². The maximum Gasteiger partial charge on any atom is 0.143 e. The van der Waals surface area contributed by atoms with Crippen LogP contribution in [0.1, 0.15) is 46.7 Å². The van der Waals surface area contributed by atoms with E-state index in [1.54, 1.807) is 0 Å². The van der Waals surface area contributed by atoms with Gasteiger partial charge in [0.2, 0.25) is 0 Å². The van der Waals surface area contributed by atoms with Crippen LogP contribution in [0.5, 0.6) is 0 Å². The van der Waals surface area contributed by atoms with Crippen molar-refractivity contribution in [2.45, 2.75) is 35.4 Å². The van der Waals surface area contributed by atoms with Crippen LogP contribution in [-0.4, -0.2) is 0 Å². The number of nitrogens with zero attached hydrogens (tertiary/aromatic N) is 2. The first-order valence-electron chi connectivity index (χ1n) is 20.7. The molecule has 1 aliphatic carbocycles. The standard InChI is InChI=1S/C55H38N2OS2/c1-55(2)45-18-7-3-12-39(45)44-32-37(30-31-46(44)55)56(34-24-22-33(23-25-34)38-16-11-17-41-40-13-4-8-19-47(40)58-52(38)41)35-26-28-36(29-27-35)57-50-42-14-5-9-20-48(42)59-53(50)54-51(57)43-15-6-10-21-49(43)60-54/h3-32,50,53H,1-2H3. The number of thiophene rings is 1. The Morgan fingerprint density at radius 1 is 0.567 bits per heavy atom. The topological polar surface area (TPSA) is 19.6 Å². The van der Waals surface area contributed by atoms with Gasteiger partial charge in [-0.2, -0.15) is 0 Å². The van der Waals surface area contributed by atoms with E-state index in [9.17, 15) is 0 Å². The Bertz CT molecular complexity index is 3360. The summed E-state index contributed by atoms with van der Waals surface area (Å²) in [4.78, 5) is 7.92. The molecule has 0 bridgehead atoms. The molecule has 2 atom stereocenters. The lowest BCUT2D eigenvalue weighted by Gasteiger charge is -2.30. The number of furan rings is 1. The Morgan fingerprint density at radius 2 is 1.23 bits per heavy atom. The number of anilines is 5. The number of fused-ring (bicyclic) bond motifs is 13. The molecule has 0 N–H and O–H groups in total. The summed E-state index contributed by atoms with van der Waals surface area (Å²) in [7, 11) is 0. The van der Waals surface area contributed by atoms with Gasteiger partial charge in [-0.25, -0.2) is 0 Å². The molecule has 2 aromatic heterocycles. The van der Waals surface area contributed by atoms with E-state index in [4.69, 9.17) is 4.42 Å². The van der Waals surface area contributed by atoms with Crippen molar-refractivity contribution in [2.75, 3.05) is 9.80 Å². The number of hydrogen-bond acceptors (Lipinski definition) is 5. The summed E-state index contributed by atoms with van der Waals surface area (Å²) < 4.78 is 7.82. The van der Waals surface area contributed by atoms with Gasteiger partial charge in [-0.1, -0.05) is 129 Å². The van der Waals surface area contributed by atoms with Crippen LogP contribution >= 0.6 is 23.1 Å². The van der Waals surface area contributed by atoms with Crippen LogP contribution in [0.2, 0.25) is 0 Å². The zero-order chi connectivity index (χ0) is 39.7. The van der Waals surface area contributed by atoms with Crippen LogP contribution in [0.15, 0.2) is 191 Å². The molecule has 60 heavy (non-hydrogen) atoms. The molecule has 13 rings (SSSR count). The van der Waals surface area contributed by atoms with Crippen LogP contribution < -0.4 is 9.80 Å². The second-order valence-corrected chi connectivity index (χ2v) is 19.0. The summed E-state index contributed by atoms with van der Waals surface area (Å²) in [6.45, 7) is 4.70. The average Bonchev–Trinajstić information content (AvgIpc) is 4.08. The van der Waals surface area contributed by atoms with Gasteiger partial charge in [0.25, 0.3) is 0 Å². The summed E-state index contributed by atoms with van der Waals surface area (Å²) >= 11 is 3.99. The third-order valence-electron chi connectivity index (χ3n) is 13.2. The minimum atomic E-state index is -0.0638. The van der Waals surface area contributed by atoms with Crippen molar-refractivity contribution in [1.82, 2.24) is 0 Å². The Morgan fingerprint density at radius 3 is 2.10 bits per heavy atom. The van der Waals surface area contributed by atoms with Crippen LogP contribution in [0.4, 0.5) is 28.4 Å². The Kier molecular flexibility index (Phi) is 7.29. The van der Waals surface area contributed by atoms with Crippen molar-refractivity contribution in [2.24, 2.45) is 0 Å². The summed E-state index contributed by atoms with van der Waals surface area (Å²) in [6, 6.07) is 67.3. The molecule has 0 amide bonds. The van der Waals surface area contributed by atoms with E-state index in [2.05, 4.69) is 200 Å². The summed E-state index contributed by atoms with van der Waals surface area (Å²) in [6.07, 6.45) is 0. The lowest BCUT2D eigenvalue weighted by molar-refractivity contribution is 0.660. The lowest BCUT2D eigenvalue weighted by Crippen LogP contribution is -2.19. The highest BCUT2D eigenvalue weighted by Crippen LogP contribution is 2.67. The predicted octanol–water partition coefficient (Wildman–Crippen LogP) is 16.3. The van der Waals surface area contributed by atoms with Crippen LogP contribution in [0, 0.1) is 0 Å². The monoisotopic (exact) mass is 806 g/mol. The fourth-order valence-corrected chi connectivity index (χ4v) is 13.3. The highest BCUT2D eigenvalue weighted by Gasteiger charge is 2.48. The molecular weight excluding hydrogens is 769 g/mol. The minimum absolute atomic E-state index is 0.0638. The molecule has 0 saturated carbocycles. The maximum atomic E-state index is 6.47. The van der Waals surface area contributed by atoms with E-state index in [1.807, 2.05) is 29.2 Å². The van der Waals surface area contributed by atoms with Crippen LogP contribution in [-0.2, 0) is 5.41 Å². The highest BCUT2D eigenvalue weighted by atomic mass is 32.2. The molecule has 2 unspecified atom stereocenters. The summed E-state index contributed by atoms with van der Waals surface area (Å²) in [5.41, 5.74) is 16.7. The fourth-order valence-electron chi connectivity index (χ4n) is 10.4. The van der Waals surface area contributed by atoms with E-state index in [0.29, 0.717) is 5.25 Å². The highest BCUT2D eigenvalue weighted by molar-refractivity contribution is 8.00. The van der Waals surface area contributed by atoms with Crippen LogP contribution in [0.3, 0.4) is 0 Å². The lowest BCUT2D eigenvalue weighted by atomic mass is 9.82. The van der Waals surface area contributed by atoms with E-state index in [0.717, 1.165) is 50.1 Å². The van der Waals surface area contributed by atoms with Crippen molar-refractivity contribution in [3.63, 3.8) is 0 Å². The first-order valence-corrected chi connectivity index (χ1v) is 22.4. The summed E-state index contributed by atoms with van der Waals surface area (Å²) in [5, 5.41) is 4.00. The van der Waals surface area contributed by atoms with Gasteiger partial charge >= 0.3 is 0 Å². The van der Waals surface area contributed by atoms with E-state index >= 15 is 0 Å². The molecule has 0 fully saturated rings. The zero-order valence-corrected chi connectivity index (χ0v) is 34.7. The molecule has 4 heterocycles. The molecule has 286 valence electrons. The SMILES string of the molecule is CC1(C)c2ccccc2-c2cc(N(c3ccc(-c4cccc5c4oc4ccccc45)cc3)c3ccc(N4c5c(sc6ccccc56)C5Sc6ccccc6C54)cc3)ccc21. The second kappa shape index (κ2) is 12.7. The van der Waals surface area contributed by atoms with Gasteiger partial charge < -0.3 is 14.2 Å². The largest absolute Gasteiger partial charge is 0.455 e. The maximum absolute atomic E-state index is 6.47. The van der Waals surface area contributed by atoms with Gasteiger partial charge in [0.15, 0.2) is 0 Å². The number of hydrogen-bond donors (Lipinski definition) is 0. The van der Waals surface area contributed by atoms with E-state index in [-0.39, 0.29) is 11.5 Å². The molecule has 0 spiro atoms. The molecule has 0 radical (unpaired) electrons. The molecule has 3 aliphatic rings. The van der Waals surface area contributed by atoms with Gasteiger partial charge in [-0.15, -0.1) is 23.1 Å². The first-order chi connectivity index (χ1) is 29.5. The molecule has 8 aromatic carbocycles.